The largest absolute Gasteiger partial charge is 0.492 e. The van der Waals surface area contributed by atoms with Gasteiger partial charge >= 0.3 is 0 Å². The van der Waals surface area contributed by atoms with Crippen LogP contribution in [0.25, 0.3) is 10.2 Å². The third-order valence-electron chi connectivity index (χ3n) is 6.14. The molecule has 1 saturated heterocycles. The predicted octanol–water partition coefficient (Wildman–Crippen LogP) is 4.62. The van der Waals surface area contributed by atoms with Gasteiger partial charge in [-0.3, -0.25) is 14.7 Å². The van der Waals surface area contributed by atoms with Crippen molar-refractivity contribution in [2.24, 2.45) is 0 Å². The molecule has 0 radical (unpaired) electrons. The van der Waals surface area contributed by atoms with Gasteiger partial charge in [0.25, 0.3) is 0 Å². The molecule has 11 heteroatoms. The number of aromatic nitrogens is 2. The number of ether oxygens (including phenoxy) is 1. The topological polar surface area (TPSA) is 92.7 Å². The highest BCUT2D eigenvalue weighted by molar-refractivity contribution is 7.89. The van der Waals surface area contributed by atoms with Crippen LogP contribution in [0.4, 0.5) is 9.52 Å². The van der Waals surface area contributed by atoms with Gasteiger partial charge in [0.1, 0.15) is 23.1 Å². The van der Waals surface area contributed by atoms with Crippen LogP contribution in [-0.2, 0) is 21.4 Å². The van der Waals surface area contributed by atoms with Gasteiger partial charge in [-0.1, -0.05) is 23.5 Å². The van der Waals surface area contributed by atoms with Gasteiger partial charge in [-0.05, 0) is 67.8 Å². The average Bonchev–Trinajstić information content (AvgIpc) is 3.57. The van der Waals surface area contributed by atoms with Crippen molar-refractivity contribution in [3.05, 3.63) is 78.4 Å². The molecule has 0 N–H and O–H groups in total. The quantitative estimate of drug-likeness (QED) is 0.324. The predicted molar refractivity (Wildman–Crippen MR) is 140 cm³/mol. The first-order chi connectivity index (χ1) is 17.9. The molecule has 1 atom stereocenters. The van der Waals surface area contributed by atoms with Gasteiger partial charge in [-0.15, -0.1) is 0 Å². The molecule has 1 unspecified atom stereocenters. The van der Waals surface area contributed by atoms with E-state index in [4.69, 9.17) is 9.72 Å². The Morgan fingerprint density at radius 3 is 2.73 bits per heavy atom. The van der Waals surface area contributed by atoms with Gasteiger partial charge in [-0.2, -0.15) is 4.31 Å². The van der Waals surface area contributed by atoms with Crippen LogP contribution in [0, 0.1) is 5.82 Å². The van der Waals surface area contributed by atoms with E-state index in [1.807, 2.05) is 31.2 Å². The van der Waals surface area contributed by atoms with Crippen molar-refractivity contribution in [1.29, 1.82) is 0 Å². The summed E-state index contributed by atoms with van der Waals surface area (Å²) in [6.45, 7) is 2.74. The highest BCUT2D eigenvalue weighted by Gasteiger charge is 2.42. The van der Waals surface area contributed by atoms with Gasteiger partial charge < -0.3 is 4.74 Å². The van der Waals surface area contributed by atoms with E-state index in [0.29, 0.717) is 35.8 Å². The van der Waals surface area contributed by atoms with Crippen LogP contribution in [0.3, 0.4) is 0 Å². The summed E-state index contributed by atoms with van der Waals surface area (Å²) < 4.78 is 48.1. The number of fused-ring (bicyclic) bond motifs is 1. The molecule has 0 spiro atoms. The Morgan fingerprint density at radius 1 is 1.19 bits per heavy atom. The maximum Gasteiger partial charge on any atom is 0.247 e. The zero-order chi connectivity index (χ0) is 26.0. The minimum absolute atomic E-state index is 0.0475. The Labute approximate surface area is 218 Å². The van der Waals surface area contributed by atoms with Crippen molar-refractivity contribution in [3.63, 3.8) is 0 Å². The molecular weight excluding hydrogens is 515 g/mol. The molecule has 1 aliphatic rings. The van der Waals surface area contributed by atoms with E-state index in [1.165, 1.54) is 32.7 Å². The number of sulfonamides is 1. The number of anilines is 1. The molecule has 2 aromatic carbocycles. The average molecular weight is 541 g/mol. The zero-order valence-corrected chi connectivity index (χ0v) is 21.7. The monoisotopic (exact) mass is 540 g/mol. The number of nitrogens with zero attached hydrogens (tertiary/aromatic N) is 4. The maximum absolute atomic E-state index is 14.1. The molecule has 1 fully saturated rings. The van der Waals surface area contributed by atoms with Gasteiger partial charge in [0.15, 0.2) is 5.13 Å². The van der Waals surface area contributed by atoms with E-state index in [2.05, 4.69) is 4.98 Å². The summed E-state index contributed by atoms with van der Waals surface area (Å²) in [5.41, 5.74) is 1.43. The zero-order valence-electron chi connectivity index (χ0n) is 20.1. The molecule has 2 aromatic heterocycles. The lowest BCUT2D eigenvalue weighted by Gasteiger charge is -2.28. The Balaban J connectivity index is 1.53. The Kier molecular flexibility index (Phi) is 7.18. The van der Waals surface area contributed by atoms with Gasteiger partial charge in [-0.25, -0.2) is 17.8 Å². The minimum Gasteiger partial charge on any atom is -0.492 e. The summed E-state index contributed by atoms with van der Waals surface area (Å²) in [5, 5.41) is 0.446. The van der Waals surface area contributed by atoms with E-state index in [9.17, 15) is 17.6 Å². The first kappa shape index (κ1) is 25.2. The Bertz CT molecular complexity index is 1510. The fraction of sp³-hybridized carbons (Fsp3) is 0.269. The number of hydrogen-bond donors (Lipinski definition) is 0. The maximum atomic E-state index is 14.1. The molecule has 0 bridgehead atoms. The summed E-state index contributed by atoms with van der Waals surface area (Å²) in [6.07, 6.45) is 4.22. The van der Waals surface area contributed by atoms with Crippen LogP contribution >= 0.6 is 11.3 Å². The molecule has 8 nitrogen and oxygen atoms in total. The van der Waals surface area contributed by atoms with Crippen LogP contribution in [-0.4, -0.2) is 47.8 Å². The number of pyridine rings is 1. The normalized spacial score (nSPS) is 16.2. The van der Waals surface area contributed by atoms with Crippen LogP contribution in [0.1, 0.15) is 25.3 Å². The number of carbonyl (C=O) groups excluding carboxylic acids is 1. The summed E-state index contributed by atoms with van der Waals surface area (Å²) in [6, 6.07) is 13.0. The third kappa shape index (κ3) is 5.07. The van der Waals surface area contributed by atoms with Crippen molar-refractivity contribution in [1.82, 2.24) is 14.3 Å². The molecule has 192 valence electrons. The van der Waals surface area contributed by atoms with Crippen molar-refractivity contribution >= 4 is 42.6 Å². The van der Waals surface area contributed by atoms with E-state index in [1.54, 1.807) is 18.5 Å². The number of hydrogen-bond acceptors (Lipinski definition) is 7. The molecule has 37 heavy (non-hydrogen) atoms. The van der Waals surface area contributed by atoms with Gasteiger partial charge in [0, 0.05) is 18.9 Å². The second kappa shape index (κ2) is 10.5. The highest BCUT2D eigenvalue weighted by Crippen LogP contribution is 2.36. The molecule has 1 amide bonds. The third-order valence-corrected chi connectivity index (χ3v) is 9.11. The standard InChI is InChI=1S/C26H25FN4O4S2/c1-2-35-22-8-3-9-23-24(22)29-26(36-23)30(17-18-6-4-14-28-16-18)25(32)21-7-5-15-31(21)37(33,34)20-12-10-19(27)11-13-20/h3-4,6,8-14,16,21H,2,5,7,15,17H2,1H3. The van der Waals surface area contributed by atoms with E-state index >= 15 is 0 Å². The van der Waals surface area contributed by atoms with Crippen molar-refractivity contribution < 1.29 is 22.3 Å². The number of halogens is 1. The number of amides is 1. The number of rotatable bonds is 8. The molecule has 0 saturated carbocycles. The van der Waals surface area contributed by atoms with E-state index in [-0.39, 0.29) is 23.9 Å². The Hall–Kier alpha value is -3.41. The smallest absolute Gasteiger partial charge is 0.247 e. The summed E-state index contributed by atoms with van der Waals surface area (Å²) in [5.74, 6) is -0.278. The minimum atomic E-state index is -4.01. The van der Waals surface area contributed by atoms with Crippen molar-refractivity contribution in [2.45, 2.75) is 37.2 Å². The van der Waals surface area contributed by atoms with E-state index in [0.717, 1.165) is 22.4 Å². The highest BCUT2D eigenvalue weighted by atomic mass is 32.2. The summed E-state index contributed by atoms with van der Waals surface area (Å²) in [7, 11) is -4.01. The fourth-order valence-corrected chi connectivity index (χ4v) is 7.05. The van der Waals surface area contributed by atoms with Crippen molar-refractivity contribution in [3.8, 4) is 5.75 Å². The lowest BCUT2D eigenvalue weighted by Crippen LogP contribution is -2.47. The summed E-state index contributed by atoms with van der Waals surface area (Å²) >= 11 is 1.34. The summed E-state index contributed by atoms with van der Waals surface area (Å²) in [4.78, 5) is 24.4. The van der Waals surface area contributed by atoms with Crippen LogP contribution in [0.15, 0.2) is 71.9 Å². The molecule has 4 aromatic rings. The molecule has 1 aliphatic heterocycles. The molecule has 5 rings (SSSR count). The van der Waals surface area contributed by atoms with Gasteiger partial charge in [0.2, 0.25) is 15.9 Å². The van der Waals surface area contributed by atoms with Crippen LogP contribution in [0.2, 0.25) is 0 Å². The Morgan fingerprint density at radius 2 is 2.00 bits per heavy atom. The number of carbonyl (C=O) groups is 1. The fourth-order valence-electron chi connectivity index (χ4n) is 4.41. The van der Waals surface area contributed by atoms with Gasteiger partial charge in [0.05, 0.1) is 22.7 Å². The molecular formula is C26H25FN4O4S2. The lowest BCUT2D eigenvalue weighted by atomic mass is 10.2. The number of benzene rings is 2. The first-order valence-corrected chi connectivity index (χ1v) is 14.1. The molecule has 3 heterocycles. The number of para-hydroxylation sites is 1. The SMILES string of the molecule is CCOc1cccc2sc(N(Cc3cccnc3)C(=O)C3CCCN3S(=O)(=O)c3ccc(F)cc3)nc12. The second-order valence-electron chi connectivity index (χ2n) is 8.55. The van der Waals surface area contributed by atoms with E-state index < -0.39 is 21.9 Å². The second-order valence-corrected chi connectivity index (χ2v) is 11.4. The first-order valence-electron chi connectivity index (χ1n) is 11.9. The van der Waals surface area contributed by atoms with Crippen LogP contribution in [0.5, 0.6) is 5.75 Å². The van der Waals surface area contributed by atoms with Crippen molar-refractivity contribution in [2.75, 3.05) is 18.1 Å². The molecule has 0 aliphatic carbocycles. The van der Waals surface area contributed by atoms with Crippen LogP contribution < -0.4 is 9.64 Å². The number of thiazole rings is 1. The lowest BCUT2D eigenvalue weighted by molar-refractivity contribution is -0.121.